The van der Waals surface area contributed by atoms with E-state index in [2.05, 4.69) is 15.6 Å². The van der Waals surface area contributed by atoms with Crippen molar-refractivity contribution in [1.29, 1.82) is 0 Å². The van der Waals surface area contributed by atoms with Crippen molar-refractivity contribution in [3.8, 4) is 16.5 Å². The van der Waals surface area contributed by atoms with Gasteiger partial charge in [-0.15, -0.1) is 16.4 Å². The van der Waals surface area contributed by atoms with E-state index in [4.69, 9.17) is 21.4 Å². The predicted octanol–water partition coefficient (Wildman–Crippen LogP) is 5.60. The number of allylic oxidation sites excluding steroid dienone is 1. The number of hydrogen-bond acceptors (Lipinski definition) is 6. The van der Waals surface area contributed by atoms with Gasteiger partial charge in [0.1, 0.15) is 11.8 Å². The Bertz CT molecular complexity index is 1360. The van der Waals surface area contributed by atoms with Gasteiger partial charge < -0.3 is 15.4 Å². The zero-order valence-corrected chi connectivity index (χ0v) is 19.4. The third-order valence-corrected chi connectivity index (χ3v) is 6.60. The molecular formula is C24H20ClN5O2S. The fourth-order valence-electron chi connectivity index (χ4n) is 3.88. The minimum atomic E-state index is -0.564. The Morgan fingerprint density at radius 3 is 2.70 bits per heavy atom. The Hall–Kier alpha value is -3.62. The molecule has 1 atom stereocenters. The zero-order valence-electron chi connectivity index (χ0n) is 17.9. The molecule has 7 nitrogen and oxygen atoms in total. The first-order chi connectivity index (χ1) is 16.1. The van der Waals surface area contributed by atoms with Crippen LogP contribution in [-0.4, -0.2) is 27.8 Å². The van der Waals surface area contributed by atoms with Crippen LogP contribution in [0, 0.1) is 0 Å². The standard InChI is InChI=1S/C24H20ClN5O2S/c1-14-20(23(31)27-17-10-5-6-11-18(17)32-2)21(15-8-3-4-9-16(15)25)30-24(26-14)28-22(29-30)19-12-7-13-33-19/h3-13,21H,1-2H3,(H,27,31)(H,26,28,29). The number of halogens is 1. The highest BCUT2D eigenvalue weighted by Crippen LogP contribution is 2.40. The normalized spacial score (nSPS) is 15.1. The molecule has 1 unspecified atom stereocenters. The molecule has 0 bridgehead atoms. The van der Waals surface area contributed by atoms with Gasteiger partial charge in [0.05, 0.1) is 23.2 Å². The highest BCUT2D eigenvalue weighted by atomic mass is 35.5. The predicted molar refractivity (Wildman–Crippen MR) is 131 cm³/mol. The maximum atomic E-state index is 13.6. The van der Waals surface area contributed by atoms with Crippen molar-refractivity contribution < 1.29 is 9.53 Å². The summed E-state index contributed by atoms with van der Waals surface area (Å²) in [5.74, 6) is 1.43. The van der Waals surface area contributed by atoms with Gasteiger partial charge in [-0.05, 0) is 36.6 Å². The van der Waals surface area contributed by atoms with Crippen LogP contribution in [0.25, 0.3) is 10.7 Å². The number of rotatable bonds is 5. The molecule has 5 rings (SSSR count). The van der Waals surface area contributed by atoms with E-state index in [-0.39, 0.29) is 5.91 Å². The summed E-state index contributed by atoms with van der Waals surface area (Å²) < 4.78 is 7.12. The van der Waals surface area contributed by atoms with Crippen LogP contribution in [0.15, 0.2) is 77.3 Å². The van der Waals surface area contributed by atoms with E-state index in [1.807, 2.05) is 54.8 Å². The number of carbonyl (C=O) groups is 1. The number of hydrogen-bond donors (Lipinski definition) is 2. The van der Waals surface area contributed by atoms with E-state index in [0.29, 0.717) is 39.5 Å². The van der Waals surface area contributed by atoms with Crippen LogP contribution in [-0.2, 0) is 4.79 Å². The van der Waals surface area contributed by atoms with Crippen molar-refractivity contribution in [2.45, 2.75) is 13.0 Å². The lowest BCUT2D eigenvalue weighted by molar-refractivity contribution is -0.113. The molecular weight excluding hydrogens is 458 g/mol. The Labute approximate surface area is 199 Å². The number of benzene rings is 2. The maximum Gasteiger partial charge on any atom is 0.255 e. The van der Waals surface area contributed by atoms with Gasteiger partial charge in [0.2, 0.25) is 5.95 Å². The number of carbonyl (C=O) groups excluding carboxylic acids is 1. The molecule has 0 fully saturated rings. The molecule has 0 aliphatic carbocycles. The lowest BCUT2D eigenvalue weighted by Gasteiger charge is -2.29. The first kappa shape index (κ1) is 21.2. The average molecular weight is 478 g/mol. The Kier molecular flexibility index (Phi) is 5.62. The summed E-state index contributed by atoms with van der Waals surface area (Å²) in [6, 6.07) is 18.1. The van der Waals surface area contributed by atoms with Crippen molar-refractivity contribution in [3.05, 3.63) is 87.9 Å². The topological polar surface area (TPSA) is 81.1 Å². The van der Waals surface area contributed by atoms with Gasteiger partial charge in [-0.3, -0.25) is 4.79 Å². The van der Waals surface area contributed by atoms with Crippen LogP contribution < -0.4 is 15.4 Å². The number of nitrogens with one attached hydrogen (secondary N) is 2. The van der Waals surface area contributed by atoms with Gasteiger partial charge in [-0.2, -0.15) is 4.98 Å². The van der Waals surface area contributed by atoms with E-state index in [1.165, 1.54) is 0 Å². The molecule has 166 valence electrons. The van der Waals surface area contributed by atoms with Crippen LogP contribution in [0.3, 0.4) is 0 Å². The quantitative estimate of drug-likeness (QED) is 0.391. The molecule has 1 aliphatic heterocycles. The molecule has 3 heterocycles. The third-order valence-electron chi connectivity index (χ3n) is 5.39. The van der Waals surface area contributed by atoms with Crippen LogP contribution in [0.1, 0.15) is 18.5 Å². The van der Waals surface area contributed by atoms with Crippen LogP contribution >= 0.6 is 22.9 Å². The summed E-state index contributed by atoms with van der Waals surface area (Å²) in [4.78, 5) is 19.2. The Morgan fingerprint density at radius 1 is 1.15 bits per heavy atom. The average Bonchev–Trinajstić information content (AvgIpc) is 3.49. The molecule has 0 saturated heterocycles. The molecule has 4 aromatic rings. The lowest BCUT2D eigenvalue weighted by Crippen LogP contribution is -2.31. The number of nitrogens with zero attached hydrogens (tertiary/aromatic N) is 3. The Morgan fingerprint density at radius 2 is 1.94 bits per heavy atom. The van der Waals surface area contributed by atoms with Crippen molar-refractivity contribution in [2.75, 3.05) is 17.7 Å². The van der Waals surface area contributed by atoms with Gasteiger partial charge in [0.25, 0.3) is 5.91 Å². The molecule has 2 aromatic carbocycles. The van der Waals surface area contributed by atoms with E-state index >= 15 is 0 Å². The SMILES string of the molecule is COc1ccccc1NC(=O)C1=C(C)Nc2nc(-c3cccs3)nn2C1c1ccccc1Cl. The molecule has 0 spiro atoms. The molecule has 1 amide bonds. The second-order valence-electron chi connectivity index (χ2n) is 7.42. The van der Waals surface area contributed by atoms with Crippen molar-refractivity contribution in [2.24, 2.45) is 0 Å². The summed E-state index contributed by atoms with van der Waals surface area (Å²) >= 11 is 8.16. The highest BCUT2D eigenvalue weighted by molar-refractivity contribution is 7.13. The number of para-hydroxylation sites is 2. The van der Waals surface area contributed by atoms with Crippen molar-refractivity contribution in [1.82, 2.24) is 14.8 Å². The summed E-state index contributed by atoms with van der Waals surface area (Å²) in [7, 11) is 1.57. The molecule has 1 aliphatic rings. The number of fused-ring (bicyclic) bond motifs is 1. The fourth-order valence-corrected chi connectivity index (χ4v) is 4.77. The van der Waals surface area contributed by atoms with Gasteiger partial charge in [-0.1, -0.05) is 48.0 Å². The van der Waals surface area contributed by atoms with Crippen LogP contribution in [0.5, 0.6) is 5.75 Å². The van der Waals surface area contributed by atoms with E-state index < -0.39 is 6.04 Å². The van der Waals surface area contributed by atoms with E-state index in [0.717, 1.165) is 10.4 Å². The number of thiophene rings is 1. The minimum Gasteiger partial charge on any atom is -0.495 e. The van der Waals surface area contributed by atoms with Gasteiger partial charge in [-0.25, -0.2) is 4.68 Å². The highest BCUT2D eigenvalue weighted by Gasteiger charge is 2.35. The fraction of sp³-hybridized carbons (Fsp3) is 0.125. The summed E-state index contributed by atoms with van der Waals surface area (Å²) in [5, 5.41) is 13.5. The second kappa shape index (κ2) is 8.73. The molecule has 0 saturated carbocycles. The van der Waals surface area contributed by atoms with Gasteiger partial charge in [0, 0.05) is 16.3 Å². The smallest absolute Gasteiger partial charge is 0.255 e. The molecule has 0 radical (unpaired) electrons. The monoisotopic (exact) mass is 477 g/mol. The van der Waals surface area contributed by atoms with Crippen LogP contribution in [0.2, 0.25) is 5.02 Å². The van der Waals surface area contributed by atoms with Crippen molar-refractivity contribution >= 4 is 40.5 Å². The van der Waals surface area contributed by atoms with E-state index in [9.17, 15) is 4.79 Å². The van der Waals surface area contributed by atoms with Gasteiger partial charge in [0.15, 0.2) is 5.82 Å². The Balaban J connectivity index is 1.62. The lowest BCUT2D eigenvalue weighted by atomic mass is 9.95. The largest absolute Gasteiger partial charge is 0.495 e. The van der Waals surface area contributed by atoms with Crippen LogP contribution in [0.4, 0.5) is 11.6 Å². The summed E-state index contributed by atoms with van der Waals surface area (Å²) in [6.07, 6.45) is 0. The summed E-state index contributed by atoms with van der Waals surface area (Å²) in [5.41, 5.74) is 2.50. The van der Waals surface area contributed by atoms with Gasteiger partial charge >= 0.3 is 0 Å². The number of anilines is 2. The molecule has 33 heavy (non-hydrogen) atoms. The van der Waals surface area contributed by atoms with E-state index in [1.54, 1.807) is 41.3 Å². The minimum absolute atomic E-state index is 0.284. The number of aromatic nitrogens is 3. The second-order valence-corrected chi connectivity index (χ2v) is 8.78. The summed E-state index contributed by atoms with van der Waals surface area (Å²) in [6.45, 7) is 1.85. The number of amides is 1. The molecule has 9 heteroatoms. The maximum absolute atomic E-state index is 13.6. The first-order valence-electron chi connectivity index (χ1n) is 10.2. The van der Waals surface area contributed by atoms with Crippen molar-refractivity contribution in [3.63, 3.8) is 0 Å². The molecule has 2 N–H and O–H groups in total. The number of ether oxygens (including phenoxy) is 1. The zero-order chi connectivity index (χ0) is 22.9. The number of methoxy groups -OCH3 is 1. The molecule has 2 aromatic heterocycles. The first-order valence-corrected chi connectivity index (χ1v) is 11.5. The third kappa shape index (κ3) is 3.88.